The first kappa shape index (κ1) is 13.4. The van der Waals surface area contributed by atoms with Crippen LogP contribution in [0.25, 0.3) is 0 Å². The molecule has 1 saturated heterocycles. The van der Waals surface area contributed by atoms with E-state index in [1.807, 2.05) is 0 Å². The van der Waals surface area contributed by atoms with Crippen LogP contribution in [-0.2, 0) is 18.9 Å². The number of hydrogen-bond acceptors (Lipinski definition) is 4. The van der Waals surface area contributed by atoms with E-state index in [-0.39, 0.29) is 12.2 Å². The summed E-state index contributed by atoms with van der Waals surface area (Å²) in [5.41, 5.74) is 0. The molecule has 0 radical (unpaired) electrons. The molecule has 2 atom stereocenters. The highest BCUT2D eigenvalue weighted by atomic mass is 16.6. The summed E-state index contributed by atoms with van der Waals surface area (Å²) in [6.45, 7) is 10.7. The minimum Gasteiger partial charge on any atom is -0.376 e. The van der Waals surface area contributed by atoms with E-state index in [2.05, 4.69) is 13.2 Å². The highest BCUT2D eigenvalue weighted by Gasteiger charge is 2.23. The highest BCUT2D eigenvalue weighted by Crippen LogP contribution is 2.09. The van der Waals surface area contributed by atoms with Gasteiger partial charge in [0.2, 0.25) is 0 Å². The van der Waals surface area contributed by atoms with E-state index >= 15 is 0 Å². The average molecular weight is 228 g/mol. The van der Waals surface area contributed by atoms with E-state index in [4.69, 9.17) is 18.9 Å². The Kier molecular flexibility index (Phi) is 7.09. The van der Waals surface area contributed by atoms with Gasteiger partial charge in [0.05, 0.1) is 39.6 Å². The number of epoxide rings is 1. The summed E-state index contributed by atoms with van der Waals surface area (Å²) in [5.74, 6) is 0. The van der Waals surface area contributed by atoms with Gasteiger partial charge in [-0.1, -0.05) is 12.2 Å². The predicted molar refractivity (Wildman–Crippen MR) is 61.5 cm³/mol. The van der Waals surface area contributed by atoms with Crippen molar-refractivity contribution in [1.29, 1.82) is 0 Å². The molecule has 0 amide bonds. The van der Waals surface area contributed by atoms with Crippen molar-refractivity contribution in [2.45, 2.75) is 12.2 Å². The molecule has 4 nitrogen and oxygen atoms in total. The molecular formula is C12H20O4. The molecule has 92 valence electrons. The summed E-state index contributed by atoms with van der Waals surface area (Å²) in [4.78, 5) is 0. The molecule has 0 N–H and O–H groups in total. The topological polar surface area (TPSA) is 40.2 Å². The lowest BCUT2D eigenvalue weighted by Gasteiger charge is -2.16. The van der Waals surface area contributed by atoms with Crippen molar-refractivity contribution in [3.8, 4) is 0 Å². The molecule has 2 unspecified atom stereocenters. The van der Waals surface area contributed by atoms with Crippen LogP contribution < -0.4 is 0 Å². The predicted octanol–water partition coefficient (Wildman–Crippen LogP) is 1.18. The molecule has 1 fully saturated rings. The maximum absolute atomic E-state index is 5.50. The molecule has 4 heteroatoms. The van der Waals surface area contributed by atoms with Crippen molar-refractivity contribution >= 4 is 0 Å². The van der Waals surface area contributed by atoms with Gasteiger partial charge in [-0.2, -0.15) is 0 Å². The third-order valence-electron chi connectivity index (χ3n) is 2.00. The molecule has 1 aliphatic heterocycles. The molecule has 16 heavy (non-hydrogen) atoms. The SMILES string of the molecule is C=CCOCC(COCC1CO1)OCC=C. The van der Waals surface area contributed by atoms with Crippen LogP contribution in [0.15, 0.2) is 25.3 Å². The fraction of sp³-hybridized carbons (Fsp3) is 0.667. The van der Waals surface area contributed by atoms with Gasteiger partial charge < -0.3 is 18.9 Å². The van der Waals surface area contributed by atoms with Crippen LogP contribution in [0.3, 0.4) is 0 Å². The molecule has 1 aliphatic rings. The smallest absolute Gasteiger partial charge is 0.105 e. The van der Waals surface area contributed by atoms with Gasteiger partial charge in [-0.15, -0.1) is 13.2 Å². The summed E-state index contributed by atoms with van der Waals surface area (Å²) in [7, 11) is 0. The standard InChI is InChI=1S/C12H20O4/c1-3-5-13-7-11(15-6-4-2)8-14-9-12-10-16-12/h3-4,11-12H,1-2,5-10H2. The first-order chi connectivity index (χ1) is 7.86. The third-order valence-corrected chi connectivity index (χ3v) is 2.00. The van der Waals surface area contributed by atoms with E-state index in [0.29, 0.717) is 33.0 Å². The van der Waals surface area contributed by atoms with Crippen molar-refractivity contribution in [3.05, 3.63) is 25.3 Å². The average Bonchev–Trinajstić information content (AvgIpc) is 3.09. The lowest BCUT2D eigenvalue weighted by atomic mass is 10.4. The molecule has 1 heterocycles. The lowest BCUT2D eigenvalue weighted by Crippen LogP contribution is -2.26. The van der Waals surface area contributed by atoms with Crippen LogP contribution in [0.5, 0.6) is 0 Å². The largest absolute Gasteiger partial charge is 0.376 e. The molecule has 0 saturated carbocycles. The van der Waals surface area contributed by atoms with Gasteiger partial charge in [-0.05, 0) is 0 Å². The second-order valence-electron chi connectivity index (χ2n) is 3.56. The number of ether oxygens (including phenoxy) is 4. The quantitative estimate of drug-likeness (QED) is 0.302. The molecule has 0 bridgehead atoms. The van der Waals surface area contributed by atoms with Crippen molar-refractivity contribution in [2.75, 3.05) is 39.6 Å². The minimum atomic E-state index is -0.0586. The van der Waals surface area contributed by atoms with Gasteiger partial charge in [-0.3, -0.25) is 0 Å². The molecule has 0 aromatic carbocycles. The second-order valence-corrected chi connectivity index (χ2v) is 3.56. The highest BCUT2D eigenvalue weighted by molar-refractivity contribution is 4.70. The number of rotatable bonds is 11. The molecule has 0 aromatic heterocycles. The first-order valence-electron chi connectivity index (χ1n) is 5.47. The second kappa shape index (κ2) is 8.47. The van der Waals surface area contributed by atoms with Gasteiger partial charge in [0, 0.05) is 0 Å². The van der Waals surface area contributed by atoms with E-state index in [0.717, 1.165) is 6.61 Å². The third kappa shape index (κ3) is 6.74. The van der Waals surface area contributed by atoms with Crippen LogP contribution in [-0.4, -0.2) is 51.8 Å². The Morgan fingerprint density at radius 1 is 1.19 bits per heavy atom. The fourth-order valence-corrected chi connectivity index (χ4v) is 1.13. The normalized spacial score (nSPS) is 20.4. The number of hydrogen-bond donors (Lipinski definition) is 0. The van der Waals surface area contributed by atoms with Crippen LogP contribution in [0.4, 0.5) is 0 Å². The maximum atomic E-state index is 5.50. The van der Waals surface area contributed by atoms with Crippen molar-refractivity contribution in [3.63, 3.8) is 0 Å². The van der Waals surface area contributed by atoms with Crippen LogP contribution in [0, 0.1) is 0 Å². The van der Waals surface area contributed by atoms with Gasteiger partial charge in [-0.25, -0.2) is 0 Å². The molecule has 1 rings (SSSR count). The van der Waals surface area contributed by atoms with Crippen molar-refractivity contribution in [1.82, 2.24) is 0 Å². The van der Waals surface area contributed by atoms with E-state index < -0.39 is 0 Å². The van der Waals surface area contributed by atoms with Gasteiger partial charge in [0.25, 0.3) is 0 Å². The van der Waals surface area contributed by atoms with Crippen LogP contribution in [0.1, 0.15) is 0 Å². The Morgan fingerprint density at radius 2 is 1.88 bits per heavy atom. The summed E-state index contributed by atoms with van der Waals surface area (Å²) >= 11 is 0. The zero-order valence-electron chi connectivity index (χ0n) is 9.60. The van der Waals surface area contributed by atoms with E-state index in [1.54, 1.807) is 12.2 Å². The Hall–Kier alpha value is -0.680. The minimum absolute atomic E-state index is 0.0586. The van der Waals surface area contributed by atoms with E-state index in [9.17, 15) is 0 Å². The van der Waals surface area contributed by atoms with E-state index in [1.165, 1.54) is 0 Å². The first-order valence-corrected chi connectivity index (χ1v) is 5.47. The summed E-state index contributed by atoms with van der Waals surface area (Å²) < 4.78 is 21.3. The Labute approximate surface area is 96.8 Å². The Morgan fingerprint density at radius 3 is 2.50 bits per heavy atom. The summed E-state index contributed by atoms with van der Waals surface area (Å²) in [6.07, 6.45) is 3.65. The van der Waals surface area contributed by atoms with Crippen molar-refractivity contribution in [2.24, 2.45) is 0 Å². The molecule has 0 spiro atoms. The summed E-state index contributed by atoms with van der Waals surface area (Å²) in [5, 5.41) is 0. The monoisotopic (exact) mass is 228 g/mol. The maximum Gasteiger partial charge on any atom is 0.105 e. The Bertz CT molecular complexity index is 201. The van der Waals surface area contributed by atoms with Crippen molar-refractivity contribution < 1.29 is 18.9 Å². The molecule has 0 aliphatic carbocycles. The zero-order valence-corrected chi connectivity index (χ0v) is 9.60. The van der Waals surface area contributed by atoms with Gasteiger partial charge in [0.15, 0.2) is 0 Å². The molecular weight excluding hydrogens is 208 g/mol. The Balaban J connectivity index is 2.07. The molecule has 0 aromatic rings. The van der Waals surface area contributed by atoms with Gasteiger partial charge >= 0.3 is 0 Å². The van der Waals surface area contributed by atoms with Gasteiger partial charge in [0.1, 0.15) is 12.2 Å². The van der Waals surface area contributed by atoms with Crippen LogP contribution in [0.2, 0.25) is 0 Å². The summed E-state index contributed by atoms with van der Waals surface area (Å²) in [6, 6.07) is 0. The lowest BCUT2D eigenvalue weighted by molar-refractivity contribution is -0.0493. The fourth-order valence-electron chi connectivity index (χ4n) is 1.13. The van der Waals surface area contributed by atoms with Crippen LogP contribution >= 0.6 is 0 Å². The zero-order chi connectivity index (χ0) is 11.6.